The largest absolute Gasteiger partial charge is 0.332 e. The van der Waals surface area contributed by atoms with Crippen LogP contribution in [-0.4, -0.2) is 31.8 Å². The molecular weight excluding hydrogens is 625 g/mol. The molecule has 0 N–H and O–H groups in total. The van der Waals surface area contributed by atoms with Gasteiger partial charge in [-0.15, -0.1) is 0 Å². The first-order chi connectivity index (χ1) is 25.2. The summed E-state index contributed by atoms with van der Waals surface area (Å²) in [6, 6.07) is 45.2. The van der Waals surface area contributed by atoms with Crippen LogP contribution in [0.15, 0.2) is 163 Å². The van der Waals surface area contributed by atoms with E-state index in [0.29, 0.717) is 5.92 Å². The van der Waals surface area contributed by atoms with Gasteiger partial charge in [-0.25, -0.2) is 0 Å². The number of benzene rings is 4. The van der Waals surface area contributed by atoms with E-state index in [2.05, 4.69) is 154 Å². The highest BCUT2D eigenvalue weighted by atomic mass is 15.2. The zero-order valence-corrected chi connectivity index (χ0v) is 27.9. The van der Waals surface area contributed by atoms with Crippen LogP contribution in [0.1, 0.15) is 17.0 Å². The fourth-order valence-electron chi connectivity index (χ4n) is 7.77. The van der Waals surface area contributed by atoms with Gasteiger partial charge in [-0.1, -0.05) is 78.4 Å². The highest BCUT2D eigenvalue weighted by Crippen LogP contribution is 2.47. The summed E-state index contributed by atoms with van der Waals surface area (Å²) in [5.41, 5.74) is 15.4. The van der Waals surface area contributed by atoms with Crippen LogP contribution < -0.4 is 4.90 Å². The number of aliphatic imine (C=N–C) groups is 1. The summed E-state index contributed by atoms with van der Waals surface area (Å²) >= 11 is 0. The van der Waals surface area contributed by atoms with Crippen molar-refractivity contribution in [3.05, 3.63) is 169 Å². The summed E-state index contributed by atoms with van der Waals surface area (Å²) in [5.74, 6) is 0.296. The first-order valence-electron chi connectivity index (χ1n) is 17.3. The Morgan fingerprint density at radius 3 is 2.16 bits per heavy atom. The van der Waals surface area contributed by atoms with Gasteiger partial charge < -0.3 is 9.47 Å². The van der Waals surface area contributed by atoms with Crippen LogP contribution in [0.5, 0.6) is 0 Å². The third-order valence-corrected chi connectivity index (χ3v) is 10.2. The van der Waals surface area contributed by atoms with Gasteiger partial charge >= 0.3 is 0 Å². The number of nitrogens with zero attached hydrogens (tertiary/aromatic N) is 6. The Morgan fingerprint density at radius 2 is 1.35 bits per heavy atom. The topological polar surface area (TPSA) is 59.2 Å². The molecule has 6 nitrogen and oxygen atoms in total. The van der Waals surface area contributed by atoms with Crippen molar-refractivity contribution in [3.8, 4) is 39.3 Å². The minimum atomic E-state index is 0.159. The van der Waals surface area contributed by atoms with Gasteiger partial charge in [0.05, 0.1) is 34.0 Å². The Balaban J connectivity index is 0.897. The lowest BCUT2D eigenvalue weighted by Crippen LogP contribution is -2.32. The molecule has 0 saturated carbocycles. The van der Waals surface area contributed by atoms with E-state index < -0.39 is 0 Å². The van der Waals surface area contributed by atoms with Crippen molar-refractivity contribution in [2.75, 3.05) is 4.90 Å². The van der Waals surface area contributed by atoms with Crippen molar-refractivity contribution in [2.45, 2.75) is 18.9 Å². The predicted octanol–water partition coefficient (Wildman–Crippen LogP) is 10.5. The summed E-state index contributed by atoms with van der Waals surface area (Å²) in [6.07, 6.45) is 11.9. The van der Waals surface area contributed by atoms with E-state index in [1.54, 1.807) is 0 Å². The molecule has 242 valence electrons. The quantitative estimate of drug-likeness (QED) is 0.185. The average molecular weight is 657 g/mol. The minimum Gasteiger partial charge on any atom is -0.332 e. The molecule has 0 saturated heterocycles. The monoisotopic (exact) mass is 656 g/mol. The second-order valence-corrected chi connectivity index (χ2v) is 13.3. The van der Waals surface area contributed by atoms with E-state index in [9.17, 15) is 0 Å². The normalized spacial score (nSPS) is 16.1. The van der Waals surface area contributed by atoms with Gasteiger partial charge in [0.25, 0.3) is 0 Å². The molecule has 6 heteroatoms. The molecule has 0 aliphatic carbocycles. The molecule has 2 aliphatic rings. The maximum absolute atomic E-state index is 4.84. The van der Waals surface area contributed by atoms with E-state index in [1.165, 1.54) is 16.8 Å². The van der Waals surface area contributed by atoms with E-state index in [4.69, 9.17) is 9.97 Å². The van der Waals surface area contributed by atoms with Crippen LogP contribution >= 0.6 is 0 Å². The van der Waals surface area contributed by atoms with E-state index in [0.717, 1.165) is 67.0 Å². The van der Waals surface area contributed by atoms with E-state index >= 15 is 0 Å². The van der Waals surface area contributed by atoms with E-state index in [-0.39, 0.29) is 6.04 Å². The third kappa shape index (κ3) is 4.87. The Hall–Kier alpha value is -6.66. The molecule has 0 amide bonds. The predicted molar refractivity (Wildman–Crippen MR) is 208 cm³/mol. The van der Waals surface area contributed by atoms with Crippen LogP contribution in [-0.2, 0) is 0 Å². The molecule has 6 heterocycles. The van der Waals surface area contributed by atoms with Crippen LogP contribution in [0, 0.1) is 6.92 Å². The van der Waals surface area contributed by atoms with Gasteiger partial charge in [0.15, 0.2) is 0 Å². The molecule has 10 rings (SSSR count). The van der Waals surface area contributed by atoms with Crippen molar-refractivity contribution in [1.29, 1.82) is 0 Å². The van der Waals surface area contributed by atoms with Crippen molar-refractivity contribution in [1.82, 2.24) is 19.5 Å². The van der Waals surface area contributed by atoms with Crippen LogP contribution in [0.3, 0.4) is 0 Å². The van der Waals surface area contributed by atoms with Gasteiger partial charge in [-0.3, -0.25) is 19.9 Å². The summed E-state index contributed by atoms with van der Waals surface area (Å²) in [7, 11) is 0. The number of aromatic nitrogens is 4. The SMILES string of the molecule is Cc1ccc2c(c1)C1C=CN=CC1N2c1cccc(-c2ccc(-c3ccc(-c4ccc(-n5c6ccccc6c6ncccc65)cc4)cn3)nc2)c1. The molecule has 0 bridgehead atoms. The number of aryl methyl sites for hydroxylation is 1. The second-order valence-electron chi connectivity index (χ2n) is 13.3. The van der Waals surface area contributed by atoms with Gasteiger partial charge in [0.1, 0.15) is 0 Å². The smallest absolute Gasteiger partial charge is 0.0963 e. The Morgan fingerprint density at radius 1 is 0.588 bits per heavy atom. The van der Waals surface area contributed by atoms with E-state index in [1.807, 2.05) is 36.9 Å². The fourth-order valence-corrected chi connectivity index (χ4v) is 7.77. The number of anilines is 2. The van der Waals surface area contributed by atoms with Crippen molar-refractivity contribution in [3.63, 3.8) is 0 Å². The molecule has 2 atom stereocenters. The highest BCUT2D eigenvalue weighted by molar-refractivity contribution is 6.07. The lowest BCUT2D eigenvalue weighted by atomic mass is 9.93. The van der Waals surface area contributed by atoms with Crippen molar-refractivity contribution >= 4 is 39.5 Å². The Labute approximate surface area is 295 Å². The van der Waals surface area contributed by atoms with Gasteiger partial charge in [-0.2, -0.15) is 0 Å². The molecule has 4 aromatic heterocycles. The van der Waals surface area contributed by atoms with Crippen LogP contribution in [0.2, 0.25) is 0 Å². The number of pyridine rings is 3. The summed E-state index contributed by atoms with van der Waals surface area (Å²) < 4.78 is 2.28. The average Bonchev–Trinajstić information content (AvgIpc) is 3.71. The molecule has 0 spiro atoms. The third-order valence-electron chi connectivity index (χ3n) is 10.2. The maximum atomic E-state index is 4.84. The molecule has 51 heavy (non-hydrogen) atoms. The summed E-state index contributed by atoms with van der Waals surface area (Å²) in [4.78, 5) is 21.3. The fraction of sp³-hybridized carbons (Fsp3) is 0.0667. The number of para-hydroxylation sites is 1. The Kier molecular flexibility index (Phi) is 6.74. The summed E-state index contributed by atoms with van der Waals surface area (Å²) in [5, 5.41) is 1.15. The number of rotatable bonds is 5. The standard InChI is InChI=1S/C45H32N6/c1-29-11-20-42-38(24-29)36-21-23-46-28-44(36)51(42)35-7-4-6-31(25-35)33-15-19-40(49-27-33)39-18-14-32(26-48-39)30-12-16-34(17-13-30)50-41-9-3-2-8-37(41)45-43(50)10-5-22-47-45/h2-28,36,44H,1H3. The second kappa shape index (κ2) is 11.7. The zero-order chi connectivity index (χ0) is 33.9. The number of fused-ring (bicyclic) bond motifs is 6. The molecule has 0 fully saturated rings. The maximum Gasteiger partial charge on any atom is 0.0963 e. The van der Waals surface area contributed by atoms with Crippen LogP contribution in [0.25, 0.3) is 61.3 Å². The van der Waals surface area contributed by atoms with Crippen LogP contribution in [0.4, 0.5) is 11.4 Å². The molecule has 0 radical (unpaired) electrons. The van der Waals surface area contributed by atoms with Crippen molar-refractivity contribution in [2.24, 2.45) is 4.99 Å². The van der Waals surface area contributed by atoms with Gasteiger partial charge in [0, 0.05) is 70.5 Å². The number of hydrogen-bond donors (Lipinski definition) is 0. The lowest BCUT2D eigenvalue weighted by Gasteiger charge is -2.28. The zero-order valence-electron chi connectivity index (χ0n) is 27.9. The number of hydrogen-bond acceptors (Lipinski definition) is 5. The Bertz CT molecular complexity index is 2600. The molecule has 2 aliphatic heterocycles. The molecular formula is C45H32N6. The first kappa shape index (κ1) is 29.3. The minimum absolute atomic E-state index is 0.159. The van der Waals surface area contributed by atoms with Gasteiger partial charge in [-0.05, 0) is 84.3 Å². The molecule has 8 aromatic rings. The first-order valence-corrected chi connectivity index (χ1v) is 17.3. The van der Waals surface area contributed by atoms with Gasteiger partial charge in [0.2, 0.25) is 0 Å². The molecule has 2 unspecified atom stereocenters. The highest BCUT2D eigenvalue weighted by Gasteiger charge is 2.38. The summed E-state index contributed by atoms with van der Waals surface area (Å²) in [6.45, 7) is 2.16. The van der Waals surface area contributed by atoms with Crippen molar-refractivity contribution < 1.29 is 0 Å². The molecule has 4 aromatic carbocycles. The lowest BCUT2D eigenvalue weighted by molar-refractivity contribution is 0.787.